The standard InChI is InChI=1S/C76H102N4O10/c1-9-13-17-21-23-25-27-31-51-85-65-47-43-61(44-48-65)59-35-39-63(40-36-59)75(81)89-72-55-69(79(7)8)73(88-58(6)34-30-20-16-12-4)53-68(72)78-77-67-54-74(70(80(83)84)56-71(67)87-57(5)33-29-19-15-11-3)90-76(82)64-41-37-60(38-42-64)62-45-49-66(50-46-62)86-52-32-28-26-24-22-18-14-10-2/h35-50,53-58H,9-34,51-52H2,1-8H3. The monoisotopic (exact) mass is 1230 g/mol. The fraction of sp³-hybridized carbons (Fsp3) is 0.500. The van der Waals surface area contributed by atoms with E-state index in [4.69, 9.17) is 33.5 Å². The minimum atomic E-state index is -0.811. The number of nitro benzene ring substituents is 1. The van der Waals surface area contributed by atoms with E-state index in [0.717, 1.165) is 111 Å². The third-order valence-corrected chi connectivity index (χ3v) is 16.2. The number of nitro groups is 1. The Hall–Kier alpha value is -7.74. The van der Waals surface area contributed by atoms with E-state index < -0.39 is 22.5 Å². The van der Waals surface area contributed by atoms with Gasteiger partial charge in [-0.1, -0.05) is 205 Å². The normalized spacial score (nSPS) is 12.0. The molecule has 0 fully saturated rings. The fourth-order valence-corrected chi connectivity index (χ4v) is 10.7. The summed E-state index contributed by atoms with van der Waals surface area (Å²) in [5.41, 5.74) is 4.51. The molecule has 0 aliphatic carbocycles. The lowest BCUT2D eigenvalue weighted by molar-refractivity contribution is -0.385. The van der Waals surface area contributed by atoms with Crippen molar-refractivity contribution in [3.05, 3.63) is 143 Å². The molecule has 14 heteroatoms. The zero-order valence-electron chi connectivity index (χ0n) is 55.4. The number of ether oxygens (including phenoxy) is 6. The zero-order chi connectivity index (χ0) is 64.3. The second kappa shape index (κ2) is 40.1. The van der Waals surface area contributed by atoms with Crippen LogP contribution in [0, 0.1) is 10.1 Å². The Morgan fingerprint density at radius 3 is 1.18 bits per heavy atom. The first kappa shape index (κ1) is 71.3. The highest BCUT2D eigenvalue weighted by Gasteiger charge is 2.26. The lowest BCUT2D eigenvalue weighted by Gasteiger charge is -2.23. The molecule has 0 saturated carbocycles. The van der Waals surface area contributed by atoms with Gasteiger partial charge in [-0.25, -0.2) is 9.59 Å². The molecule has 2 unspecified atom stereocenters. The summed E-state index contributed by atoms with van der Waals surface area (Å²) in [4.78, 5) is 42.3. The van der Waals surface area contributed by atoms with Crippen molar-refractivity contribution in [2.75, 3.05) is 32.2 Å². The molecule has 0 N–H and O–H groups in total. The highest BCUT2D eigenvalue weighted by atomic mass is 16.6. The van der Waals surface area contributed by atoms with Crippen LogP contribution in [0.3, 0.4) is 0 Å². The first-order valence-electron chi connectivity index (χ1n) is 33.8. The van der Waals surface area contributed by atoms with E-state index in [9.17, 15) is 19.7 Å². The number of hydrogen-bond acceptors (Lipinski definition) is 13. The van der Waals surface area contributed by atoms with Gasteiger partial charge < -0.3 is 33.3 Å². The molecule has 0 saturated heterocycles. The molecule has 0 aliphatic rings. The Morgan fingerprint density at radius 1 is 0.433 bits per heavy atom. The summed E-state index contributed by atoms with van der Waals surface area (Å²) < 4.78 is 37.3. The number of unbranched alkanes of at least 4 members (excludes halogenated alkanes) is 20. The topological polar surface area (TPSA) is 161 Å². The number of benzene rings is 6. The second-order valence-electron chi connectivity index (χ2n) is 24.1. The Bertz CT molecular complexity index is 3090. The number of anilines is 1. The highest BCUT2D eigenvalue weighted by Crippen LogP contribution is 2.45. The van der Waals surface area contributed by atoms with Gasteiger partial charge in [-0.3, -0.25) is 10.1 Å². The van der Waals surface area contributed by atoms with Gasteiger partial charge in [-0.2, -0.15) is 0 Å². The molecule has 0 aliphatic heterocycles. The van der Waals surface area contributed by atoms with Gasteiger partial charge >= 0.3 is 17.6 Å². The Labute approximate surface area is 537 Å². The van der Waals surface area contributed by atoms with Crippen LogP contribution in [0.25, 0.3) is 22.3 Å². The average Bonchev–Trinajstić information content (AvgIpc) is 1.83. The maximum atomic E-state index is 14.2. The van der Waals surface area contributed by atoms with Crippen LogP contribution in [0.1, 0.15) is 229 Å². The Morgan fingerprint density at radius 2 is 0.778 bits per heavy atom. The molecule has 0 spiro atoms. The van der Waals surface area contributed by atoms with Crippen molar-refractivity contribution in [2.24, 2.45) is 10.2 Å². The summed E-state index contributed by atoms with van der Waals surface area (Å²) in [7, 11) is 3.76. The van der Waals surface area contributed by atoms with Crippen molar-refractivity contribution in [1.82, 2.24) is 0 Å². The van der Waals surface area contributed by atoms with E-state index in [1.807, 2.05) is 93.5 Å². The van der Waals surface area contributed by atoms with E-state index in [1.54, 1.807) is 48.5 Å². The first-order chi connectivity index (χ1) is 43.8. The van der Waals surface area contributed by atoms with Crippen LogP contribution in [-0.2, 0) is 0 Å². The number of azo groups is 1. The van der Waals surface area contributed by atoms with Gasteiger partial charge in [0.25, 0.3) is 0 Å². The lowest BCUT2D eigenvalue weighted by Crippen LogP contribution is -2.16. The molecule has 14 nitrogen and oxygen atoms in total. The highest BCUT2D eigenvalue weighted by molar-refractivity contribution is 5.93. The van der Waals surface area contributed by atoms with Gasteiger partial charge in [0.05, 0.1) is 53.2 Å². The van der Waals surface area contributed by atoms with E-state index >= 15 is 0 Å². The molecule has 2 atom stereocenters. The van der Waals surface area contributed by atoms with Crippen molar-refractivity contribution in [3.63, 3.8) is 0 Å². The summed E-state index contributed by atoms with van der Waals surface area (Å²) in [5.74, 6) is 0.462. The lowest BCUT2D eigenvalue weighted by atomic mass is 10.0. The molecule has 0 amide bonds. The van der Waals surface area contributed by atoms with E-state index in [2.05, 4.69) is 32.8 Å². The second-order valence-corrected chi connectivity index (χ2v) is 24.1. The van der Waals surface area contributed by atoms with Gasteiger partial charge in [-0.05, 0) is 123 Å². The maximum Gasteiger partial charge on any atom is 0.343 e. The minimum Gasteiger partial charge on any atom is -0.494 e. The molecule has 486 valence electrons. The Balaban J connectivity index is 1.25. The molecule has 6 aromatic rings. The third-order valence-electron chi connectivity index (χ3n) is 16.2. The number of nitrogens with zero attached hydrogens (tertiary/aromatic N) is 4. The van der Waals surface area contributed by atoms with Crippen LogP contribution >= 0.6 is 0 Å². The van der Waals surface area contributed by atoms with E-state index in [0.29, 0.717) is 36.6 Å². The van der Waals surface area contributed by atoms with Gasteiger partial charge in [0.2, 0.25) is 5.75 Å². The van der Waals surface area contributed by atoms with Gasteiger partial charge in [0.15, 0.2) is 11.5 Å². The average molecular weight is 1230 g/mol. The predicted molar refractivity (Wildman–Crippen MR) is 366 cm³/mol. The molecule has 0 aromatic heterocycles. The molecular weight excluding hydrogens is 1130 g/mol. The van der Waals surface area contributed by atoms with Crippen LogP contribution in [-0.4, -0.2) is 56.4 Å². The van der Waals surface area contributed by atoms with Crippen molar-refractivity contribution in [2.45, 2.75) is 221 Å². The number of carbonyl (C=O) groups excluding carboxylic acids is 2. The van der Waals surface area contributed by atoms with Crippen LogP contribution in [0.5, 0.6) is 34.5 Å². The van der Waals surface area contributed by atoms with Crippen LogP contribution in [0.2, 0.25) is 0 Å². The van der Waals surface area contributed by atoms with Crippen molar-refractivity contribution < 1.29 is 42.9 Å². The van der Waals surface area contributed by atoms with Crippen LogP contribution in [0.15, 0.2) is 132 Å². The third kappa shape index (κ3) is 24.6. The SMILES string of the molecule is CCCCCCCCCCOc1ccc(-c2ccc(C(=O)Oc3cc(N(C)C)c(OC(C)CCCCCC)cc3N=Nc3cc(OC(=O)c4ccc(-c5ccc(OCCCCCCCCCC)cc5)cc4)c([N+](=O)[O-])cc3OC(C)CCCCCC)cc2)cc1. The molecular formula is C76H102N4O10. The number of carbonyl (C=O) groups is 2. The van der Waals surface area contributed by atoms with Crippen molar-refractivity contribution >= 4 is 34.7 Å². The number of esters is 2. The summed E-state index contributed by atoms with van der Waals surface area (Å²) in [5, 5.41) is 22.2. The molecule has 6 aromatic carbocycles. The van der Waals surface area contributed by atoms with Gasteiger partial charge in [-0.15, -0.1) is 10.2 Å². The minimum absolute atomic E-state index is 0.0452. The first-order valence-corrected chi connectivity index (χ1v) is 33.8. The molecule has 0 radical (unpaired) electrons. The van der Waals surface area contributed by atoms with Gasteiger partial charge in [0, 0.05) is 32.3 Å². The molecule has 0 heterocycles. The fourth-order valence-electron chi connectivity index (χ4n) is 10.7. The predicted octanol–water partition coefficient (Wildman–Crippen LogP) is 22.4. The number of hydrogen-bond donors (Lipinski definition) is 0. The van der Waals surface area contributed by atoms with E-state index in [1.165, 1.54) is 95.6 Å². The van der Waals surface area contributed by atoms with E-state index in [-0.39, 0.29) is 46.4 Å². The van der Waals surface area contributed by atoms with Crippen LogP contribution < -0.4 is 33.3 Å². The zero-order valence-corrected chi connectivity index (χ0v) is 55.4. The largest absolute Gasteiger partial charge is 0.494 e. The van der Waals surface area contributed by atoms with Gasteiger partial charge in [0.1, 0.15) is 28.6 Å². The smallest absolute Gasteiger partial charge is 0.343 e. The van der Waals surface area contributed by atoms with Crippen molar-refractivity contribution in [3.8, 4) is 56.8 Å². The van der Waals surface area contributed by atoms with Crippen molar-refractivity contribution in [1.29, 1.82) is 0 Å². The van der Waals surface area contributed by atoms with Crippen LogP contribution in [0.4, 0.5) is 22.7 Å². The summed E-state index contributed by atoms with van der Waals surface area (Å²) in [6, 6.07) is 35.8. The quantitative estimate of drug-likeness (QED) is 0.00894. The summed E-state index contributed by atoms with van der Waals surface area (Å²) in [6.45, 7) is 14.1. The number of rotatable bonds is 44. The summed E-state index contributed by atoms with van der Waals surface area (Å²) in [6.07, 6.45) is 29.2. The summed E-state index contributed by atoms with van der Waals surface area (Å²) >= 11 is 0. The molecule has 0 bridgehead atoms. The Kier molecular flexibility index (Phi) is 31.8. The molecule has 90 heavy (non-hydrogen) atoms. The molecule has 6 rings (SSSR count). The maximum absolute atomic E-state index is 14.2.